The lowest BCUT2D eigenvalue weighted by molar-refractivity contribution is -0.137. The highest BCUT2D eigenvalue weighted by Crippen LogP contribution is 2.36. The smallest absolute Gasteiger partial charge is 0.369 e. The van der Waals surface area contributed by atoms with Crippen molar-refractivity contribution in [2.24, 2.45) is 0 Å². The van der Waals surface area contributed by atoms with E-state index in [2.05, 4.69) is 10.6 Å². The van der Waals surface area contributed by atoms with E-state index < -0.39 is 11.7 Å². The fraction of sp³-hybridized carbons (Fsp3) is 0.227. The molecular formula is C22H21F3N2S2. The predicted molar refractivity (Wildman–Crippen MR) is 117 cm³/mol. The van der Waals surface area contributed by atoms with Crippen molar-refractivity contribution >= 4 is 28.5 Å². The van der Waals surface area contributed by atoms with Crippen LogP contribution in [0.15, 0.2) is 60.0 Å². The van der Waals surface area contributed by atoms with Crippen molar-refractivity contribution < 1.29 is 13.2 Å². The second-order valence-corrected chi connectivity index (χ2v) is 8.06. The number of thiophene rings is 1. The SMILES string of the molecule is CNCc1ccccc1C(=S)NC(C)c1cc(-c2cccs2)cc(C(F)(F)F)c1. The number of rotatable bonds is 6. The first-order chi connectivity index (χ1) is 13.8. The summed E-state index contributed by atoms with van der Waals surface area (Å²) in [7, 11) is 1.85. The summed E-state index contributed by atoms with van der Waals surface area (Å²) in [5, 5.41) is 8.15. The minimum Gasteiger partial charge on any atom is -0.369 e. The molecule has 2 N–H and O–H groups in total. The molecule has 1 atom stereocenters. The van der Waals surface area contributed by atoms with Gasteiger partial charge in [0.25, 0.3) is 0 Å². The molecule has 0 aliphatic rings. The molecule has 1 aromatic heterocycles. The lowest BCUT2D eigenvalue weighted by Gasteiger charge is -2.20. The van der Waals surface area contributed by atoms with Crippen molar-refractivity contribution in [3.63, 3.8) is 0 Å². The quantitative estimate of drug-likeness (QED) is 0.453. The standard InChI is InChI=1S/C22H21F3N2S2/c1-14(27-21(28)19-7-4-3-6-15(19)13-26-2)16-10-17(20-8-5-9-29-20)12-18(11-16)22(23,24)25/h3-12,14,26H,13H2,1-2H3,(H,27,28). The highest BCUT2D eigenvalue weighted by Gasteiger charge is 2.32. The Morgan fingerprint density at radius 3 is 2.52 bits per heavy atom. The van der Waals surface area contributed by atoms with Gasteiger partial charge in [0.1, 0.15) is 4.99 Å². The predicted octanol–water partition coefficient (Wildman–Crippen LogP) is 6.18. The van der Waals surface area contributed by atoms with Crippen LogP contribution >= 0.6 is 23.6 Å². The number of hydrogen-bond acceptors (Lipinski definition) is 3. The third-order valence-electron chi connectivity index (χ3n) is 4.57. The molecule has 29 heavy (non-hydrogen) atoms. The summed E-state index contributed by atoms with van der Waals surface area (Å²) in [5.74, 6) is 0. The number of thiocarbonyl (C=S) groups is 1. The summed E-state index contributed by atoms with van der Waals surface area (Å²) >= 11 is 6.97. The van der Waals surface area contributed by atoms with Gasteiger partial charge in [-0.1, -0.05) is 42.5 Å². The molecule has 2 nitrogen and oxygen atoms in total. The Kier molecular flexibility index (Phi) is 6.72. The summed E-state index contributed by atoms with van der Waals surface area (Å²) in [6.45, 7) is 2.47. The van der Waals surface area contributed by atoms with Crippen molar-refractivity contribution in [1.29, 1.82) is 0 Å². The molecule has 152 valence electrons. The second-order valence-electron chi connectivity index (χ2n) is 6.70. The summed E-state index contributed by atoms with van der Waals surface area (Å²) in [6, 6.07) is 15.2. The van der Waals surface area contributed by atoms with E-state index in [0.717, 1.165) is 16.0 Å². The number of nitrogens with one attached hydrogen (secondary N) is 2. The van der Waals surface area contributed by atoms with Crippen LogP contribution in [0.5, 0.6) is 0 Å². The lowest BCUT2D eigenvalue weighted by Crippen LogP contribution is -2.27. The maximum atomic E-state index is 13.5. The molecule has 0 amide bonds. The molecule has 7 heteroatoms. The molecule has 0 fully saturated rings. The van der Waals surface area contributed by atoms with Gasteiger partial charge in [0.05, 0.1) is 5.56 Å². The van der Waals surface area contributed by atoms with Crippen LogP contribution in [0.25, 0.3) is 10.4 Å². The zero-order valence-corrected chi connectivity index (χ0v) is 17.6. The molecule has 3 aromatic rings. The maximum absolute atomic E-state index is 13.5. The van der Waals surface area contributed by atoms with Gasteiger partial charge < -0.3 is 10.6 Å². The van der Waals surface area contributed by atoms with Crippen molar-refractivity contribution in [3.05, 3.63) is 82.2 Å². The number of hydrogen-bond donors (Lipinski definition) is 2. The van der Waals surface area contributed by atoms with Crippen LogP contribution in [0, 0.1) is 0 Å². The second kappa shape index (κ2) is 9.07. The van der Waals surface area contributed by atoms with E-state index in [0.29, 0.717) is 22.7 Å². The first-order valence-corrected chi connectivity index (χ1v) is 10.4. The zero-order chi connectivity index (χ0) is 21.0. The van der Waals surface area contributed by atoms with E-state index in [1.165, 1.54) is 23.5 Å². The van der Waals surface area contributed by atoms with Crippen molar-refractivity contribution in [3.8, 4) is 10.4 Å². The average Bonchev–Trinajstić information content (AvgIpc) is 3.22. The van der Waals surface area contributed by atoms with Crippen LogP contribution in [0.2, 0.25) is 0 Å². The Morgan fingerprint density at radius 2 is 1.86 bits per heavy atom. The summed E-state index contributed by atoms with van der Waals surface area (Å²) in [4.78, 5) is 1.31. The normalized spacial score (nSPS) is 12.6. The minimum absolute atomic E-state index is 0.383. The molecule has 0 saturated heterocycles. The Labute approximate surface area is 177 Å². The molecule has 0 aliphatic carbocycles. The molecule has 0 spiro atoms. The molecule has 0 radical (unpaired) electrons. The van der Waals surface area contributed by atoms with Gasteiger partial charge in [-0.05, 0) is 60.3 Å². The third-order valence-corrected chi connectivity index (χ3v) is 5.82. The topological polar surface area (TPSA) is 24.1 Å². The first-order valence-electron chi connectivity index (χ1n) is 9.09. The molecule has 1 unspecified atom stereocenters. The fourth-order valence-electron chi connectivity index (χ4n) is 3.09. The summed E-state index contributed by atoms with van der Waals surface area (Å²) in [5.41, 5.74) is 2.34. The van der Waals surface area contributed by atoms with Crippen molar-refractivity contribution in [2.45, 2.75) is 25.7 Å². The molecule has 0 aliphatic heterocycles. The van der Waals surface area contributed by atoms with Crippen LogP contribution in [0.3, 0.4) is 0 Å². The van der Waals surface area contributed by atoms with Crippen molar-refractivity contribution in [1.82, 2.24) is 10.6 Å². The van der Waals surface area contributed by atoms with Crippen LogP contribution in [0.4, 0.5) is 13.2 Å². The van der Waals surface area contributed by atoms with Crippen LogP contribution in [-0.2, 0) is 12.7 Å². The first kappa shape index (κ1) is 21.5. The van der Waals surface area contributed by atoms with Gasteiger partial charge in [0.15, 0.2) is 0 Å². The van der Waals surface area contributed by atoms with E-state index in [9.17, 15) is 13.2 Å². The number of benzene rings is 2. The zero-order valence-electron chi connectivity index (χ0n) is 16.0. The van der Waals surface area contributed by atoms with Crippen LogP contribution in [-0.4, -0.2) is 12.0 Å². The molecule has 0 saturated carbocycles. The van der Waals surface area contributed by atoms with E-state index in [-0.39, 0.29) is 6.04 Å². The summed E-state index contributed by atoms with van der Waals surface area (Å²) < 4.78 is 40.4. The van der Waals surface area contributed by atoms with Crippen LogP contribution < -0.4 is 10.6 Å². The average molecular weight is 435 g/mol. The van der Waals surface area contributed by atoms with E-state index in [1.54, 1.807) is 6.07 Å². The monoisotopic (exact) mass is 434 g/mol. The Hall–Kier alpha value is -2.22. The van der Waals surface area contributed by atoms with Gasteiger partial charge in [-0.3, -0.25) is 0 Å². The van der Waals surface area contributed by atoms with Gasteiger partial charge in [0, 0.05) is 23.0 Å². The molecule has 3 rings (SSSR count). The maximum Gasteiger partial charge on any atom is 0.416 e. The van der Waals surface area contributed by atoms with Gasteiger partial charge >= 0.3 is 6.18 Å². The Morgan fingerprint density at radius 1 is 1.10 bits per heavy atom. The Balaban J connectivity index is 1.91. The van der Waals surface area contributed by atoms with Gasteiger partial charge in [-0.25, -0.2) is 0 Å². The van der Waals surface area contributed by atoms with Crippen molar-refractivity contribution in [2.75, 3.05) is 7.05 Å². The molecule has 1 heterocycles. The van der Waals surface area contributed by atoms with E-state index in [1.807, 2.05) is 55.7 Å². The minimum atomic E-state index is -4.42. The van der Waals surface area contributed by atoms with Crippen LogP contribution in [0.1, 0.15) is 35.2 Å². The van der Waals surface area contributed by atoms with Gasteiger partial charge in [0.2, 0.25) is 0 Å². The fourth-order valence-corrected chi connectivity index (χ4v) is 4.19. The molecule has 0 bridgehead atoms. The van der Waals surface area contributed by atoms with Gasteiger partial charge in [-0.15, -0.1) is 11.3 Å². The Bertz CT molecular complexity index is 982. The lowest BCUT2D eigenvalue weighted by atomic mass is 9.99. The van der Waals surface area contributed by atoms with Gasteiger partial charge in [-0.2, -0.15) is 13.2 Å². The third kappa shape index (κ3) is 5.23. The highest BCUT2D eigenvalue weighted by molar-refractivity contribution is 7.80. The van der Waals surface area contributed by atoms with E-state index >= 15 is 0 Å². The van der Waals surface area contributed by atoms with E-state index in [4.69, 9.17) is 12.2 Å². The molecule has 2 aromatic carbocycles. The number of halogens is 3. The highest BCUT2D eigenvalue weighted by atomic mass is 32.1. The molecular weight excluding hydrogens is 413 g/mol. The number of alkyl halides is 3. The summed E-state index contributed by atoms with van der Waals surface area (Å²) in [6.07, 6.45) is -4.42. The largest absolute Gasteiger partial charge is 0.416 e.